The number of thiophene rings is 1. The third kappa shape index (κ3) is 2.70. The van der Waals surface area contributed by atoms with E-state index in [1.54, 1.807) is 17.7 Å². The third-order valence-corrected chi connectivity index (χ3v) is 4.21. The SMILES string of the molecule is CCc1cc2c(NC=Cc3ccccc3)ncnc2s1. The minimum atomic E-state index is 0.859. The van der Waals surface area contributed by atoms with Crippen molar-refractivity contribution in [1.82, 2.24) is 9.97 Å². The van der Waals surface area contributed by atoms with Crippen LogP contribution in [0.4, 0.5) is 5.82 Å². The predicted molar refractivity (Wildman–Crippen MR) is 85.9 cm³/mol. The summed E-state index contributed by atoms with van der Waals surface area (Å²) < 4.78 is 0. The number of anilines is 1. The van der Waals surface area contributed by atoms with Crippen LogP contribution in [0.5, 0.6) is 0 Å². The highest BCUT2D eigenvalue weighted by molar-refractivity contribution is 7.18. The Morgan fingerprint density at radius 2 is 2.05 bits per heavy atom. The summed E-state index contributed by atoms with van der Waals surface area (Å²) in [5, 5.41) is 4.34. The molecule has 0 spiro atoms. The van der Waals surface area contributed by atoms with Gasteiger partial charge < -0.3 is 5.32 Å². The first-order chi connectivity index (χ1) is 9.86. The molecule has 20 heavy (non-hydrogen) atoms. The van der Waals surface area contributed by atoms with Crippen LogP contribution in [0.3, 0.4) is 0 Å². The van der Waals surface area contributed by atoms with E-state index in [-0.39, 0.29) is 0 Å². The van der Waals surface area contributed by atoms with Gasteiger partial charge >= 0.3 is 0 Å². The van der Waals surface area contributed by atoms with E-state index in [1.807, 2.05) is 30.5 Å². The number of hydrogen-bond acceptors (Lipinski definition) is 4. The fourth-order valence-corrected chi connectivity index (χ4v) is 2.91. The highest BCUT2D eigenvalue weighted by Gasteiger charge is 2.06. The molecule has 0 aliphatic heterocycles. The molecule has 0 saturated carbocycles. The summed E-state index contributed by atoms with van der Waals surface area (Å²) in [6, 6.07) is 12.3. The van der Waals surface area contributed by atoms with E-state index in [2.05, 4.69) is 40.4 Å². The Hall–Kier alpha value is -2.20. The average molecular weight is 281 g/mol. The molecular formula is C16H15N3S. The molecule has 0 radical (unpaired) electrons. The number of nitrogens with one attached hydrogen (secondary N) is 1. The van der Waals surface area contributed by atoms with E-state index in [1.165, 1.54) is 4.88 Å². The van der Waals surface area contributed by atoms with Crippen molar-refractivity contribution in [2.45, 2.75) is 13.3 Å². The smallest absolute Gasteiger partial charge is 0.142 e. The lowest BCUT2D eigenvalue weighted by molar-refractivity contribution is 1.19. The molecule has 1 aromatic carbocycles. The van der Waals surface area contributed by atoms with Crippen molar-refractivity contribution in [3.63, 3.8) is 0 Å². The van der Waals surface area contributed by atoms with Crippen LogP contribution in [0.1, 0.15) is 17.4 Å². The summed E-state index contributed by atoms with van der Waals surface area (Å²) in [5.41, 5.74) is 1.16. The zero-order valence-electron chi connectivity index (χ0n) is 11.2. The van der Waals surface area contributed by atoms with Gasteiger partial charge in [0.25, 0.3) is 0 Å². The van der Waals surface area contributed by atoms with Gasteiger partial charge in [-0.25, -0.2) is 9.97 Å². The minimum absolute atomic E-state index is 0.859. The van der Waals surface area contributed by atoms with Crippen LogP contribution in [-0.2, 0) is 6.42 Å². The van der Waals surface area contributed by atoms with Crippen molar-refractivity contribution >= 4 is 33.4 Å². The molecule has 0 bridgehead atoms. The second-order valence-electron chi connectivity index (χ2n) is 4.40. The largest absolute Gasteiger partial charge is 0.346 e. The van der Waals surface area contributed by atoms with Crippen molar-refractivity contribution in [2.75, 3.05) is 5.32 Å². The van der Waals surface area contributed by atoms with Crippen LogP contribution in [0.15, 0.2) is 48.9 Å². The number of aromatic nitrogens is 2. The topological polar surface area (TPSA) is 37.8 Å². The molecular weight excluding hydrogens is 266 g/mol. The van der Waals surface area contributed by atoms with Crippen molar-refractivity contribution in [3.05, 3.63) is 59.4 Å². The summed E-state index contributed by atoms with van der Waals surface area (Å²) in [4.78, 5) is 11.0. The molecule has 3 nitrogen and oxygen atoms in total. The standard InChI is InChI=1S/C16H15N3S/c1-2-13-10-14-15(18-11-19-16(14)20-13)17-9-8-12-6-4-3-5-7-12/h3-11H,2H2,1H3,(H,17,18,19). The van der Waals surface area contributed by atoms with E-state index in [9.17, 15) is 0 Å². The molecule has 4 heteroatoms. The molecule has 2 aromatic heterocycles. The number of hydrogen-bond donors (Lipinski definition) is 1. The first-order valence-corrected chi connectivity index (χ1v) is 7.40. The molecule has 0 unspecified atom stereocenters. The molecule has 1 N–H and O–H groups in total. The first-order valence-electron chi connectivity index (χ1n) is 6.58. The van der Waals surface area contributed by atoms with Gasteiger partial charge in [-0.3, -0.25) is 0 Å². The van der Waals surface area contributed by atoms with E-state index in [4.69, 9.17) is 0 Å². The van der Waals surface area contributed by atoms with Gasteiger partial charge in [-0.05, 0) is 24.1 Å². The van der Waals surface area contributed by atoms with Gasteiger partial charge in [-0.2, -0.15) is 0 Å². The zero-order valence-corrected chi connectivity index (χ0v) is 12.0. The molecule has 0 aliphatic rings. The summed E-state index contributed by atoms with van der Waals surface area (Å²) in [5.74, 6) is 0.859. The van der Waals surface area contributed by atoms with Crippen molar-refractivity contribution < 1.29 is 0 Å². The summed E-state index contributed by atoms with van der Waals surface area (Å²) in [6.07, 6.45) is 6.58. The van der Waals surface area contributed by atoms with Crippen LogP contribution in [0.25, 0.3) is 16.3 Å². The molecule has 3 rings (SSSR count). The monoisotopic (exact) mass is 281 g/mol. The first kappa shape index (κ1) is 12.8. The number of nitrogens with zero attached hydrogens (tertiary/aromatic N) is 2. The van der Waals surface area contributed by atoms with E-state index in [0.29, 0.717) is 0 Å². The van der Waals surface area contributed by atoms with Crippen LogP contribution in [-0.4, -0.2) is 9.97 Å². The predicted octanol–water partition coefficient (Wildman–Crippen LogP) is 4.34. The van der Waals surface area contributed by atoms with Crippen LogP contribution in [0, 0.1) is 0 Å². The Bertz CT molecular complexity index is 732. The maximum Gasteiger partial charge on any atom is 0.142 e. The maximum absolute atomic E-state index is 4.32. The van der Waals surface area contributed by atoms with Crippen LogP contribution in [0.2, 0.25) is 0 Å². The van der Waals surface area contributed by atoms with Crippen molar-refractivity contribution in [1.29, 1.82) is 0 Å². The number of fused-ring (bicyclic) bond motifs is 1. The lowest BCUT2D eigenvalue weighted by atomic mass is 10.2. The zero-order chi connectivity index (χ0) is 13.8. The Morgan fingerprint density at radius 3 is 2.85 bits per heavy atom. The van der Waals surface area contributed by atoms with E-state index >= 15 is 0 Å². The number of benzene rings is 1. The molecule has 0 aliphatic carbocycles. The molecule has 3 aromatic rings. The summed E-state index contributed by atoms with van der Waals surface area (Å²) >= 11 is 1.73. The van der Waals surface area contributed by atoms with Gasteiger partial charge in [0.15, 0.2) is 0 Å². The lowest BCUT2D eigenvalue weighted by Gasteiger charge is -2.00. The van der Waals surface area contributed by atoms with Gasteiger partial charge in [0, 0.05) is 11.1 Å². The van der Waals surface area contributed by atoms with Crippen molar-refractivity contribution in [2.24, 2.45) is 0 Å². The summed E-state index contributed by atoms with van der Waals surface area (Å²) in [7, 11) is 0. The second kappa shape index (κ2) is 5.84. The fourth-order valence-electron chi connectivity index (χ4n) is 1.98. The Labute approximate surface area is 122 Å². The minimum Gasteiger partial charge on any atom is -0.346 e. The number of aryl methyl sites for hydroxylation is 1. The highest BCUT2D eigenvalue weighted by atomic mass is 32.1. The van der Waals surface area contributed by atoms with Gasteiger partial charge in [-0.15, -0.1) is 11.3 Å². The second-order valence-corrected chi connectivity index (χ2v) is 5.51. The highest BCUT2D eigenvalue weighted by Crippen LogP contribution is 2.28. The van der Waals surface area contributed by atoms with Crippen LogP contribution < -0.4 is 5.32 Å². The molecule has 0 amide bonds. The van der Waals surface area contributed by atoms with Gasteiger partial charge in [0.2, 0.25) is 0 Å². The quantitative estimate of drug-likeness (QED) is 0.773. The summed E-state index contributed by atoms with van der Waals surface area (Å²) in [6.45, 7) is 2.15. The van der Waals surface area contributed by atoms with Gasteiger partial charge in [-0.1, -0.05) is 37.3 Å². The maximum atomic E-state index is 4.32. The fraction of sp³-hybridized carbons (Fsp3) is 0.125. The normalized spacial score (nSPS) is 11.2. The van der Waals surface area contributed by atoms with E-state index < -0.39 is 0 Å². The molecule has 0 saturated heterocycles. The van der Waals surface area contributed by atoms with Crippen LogP contribution >= 0.6 is 11.3 Å². The molecule has 2 heterocycles. The number of rotatable bonds is 4. The van der Waals surface area contributed by atoms with Gasteiger partial charge in [0.1, 0.15) is 17.0 Å². The Balaban J connectivity index is 1.84. The van der Waals surface area contributed by atoms with Crippen molar-refractivity contribution in [3.8, 4) is 0 Å². The van der Waals surface area contributed by atoms with E-state index in [0.717, 1.165) is 28.0 Å². The van der Waals surface area contributed by atoms with Gasteiger partial charge in [0.05, 0.1) is 5.39 Å². The molecule has 100 valence electrons. The Kier molecular flexibility index (Phi) is 3.74. The third-order valence-electron chi connectivity index (χ3n) is 3.02. The Morgan fingerprint density at radius 1 is 1.20 bits per heavy atom. The average Bonchev–Trinajstić information content (AvgIpc) is 2.92. The lowest BCUT2D eigenvalue weighted by Crippen LogP contribution is -1.92. The molecule has 0 fully saturated rings. The molecule has 0 atom stereocenters.